The number of halogens is 3. The van der Waals surface area contributed by atoms with Crippen molar-refractivity contribution in [3.05, 3.63) is 64.7 Å². The molecule has 0 amide bonds. The van der Waals surface area contributed by atoms with Crippen LogP contribution in [0.15, 0.2) is 36.4 Å². The smallest absolute Gasteiger partial charge is 0.129 e. The minimum Gasteiger partial charge on any atom is -0.497 e. The van der Waals surface area contributed by atoms with E-state index in [1.54, 1.807) is 7.11 Å². The Labute approximate surface area is 125 Å². The van der Waals surface area contributed by atoms with Gasteiger partial charge in [0.1, 0.15) is 17.4 Å². The molecule has 1 unspecified atom stereocenters. The lowest BCUT2D eigenvalue weighted by molar-refractivity contribution is 0.414. The SMILES string of the molecule is COc1ccc(C(Br)Cc2ccc(F)cc2F)c(C)c1. The largest absolute Gasteiger partial charge is 0.497 e. The van der Waals surface area contributed by atoms with Crippen LogP contribution in [0.3, 0.4) is 0 Å². The van der Waals surface area contributed by atoms with Gasteiger partial charge in [0.15, 0.2) is 0 Å². The van der Waals surface area contributed by atoms with Crippen LogP contribution in [0.4, 0.5) is 8.78 Å². The first-order valence-corrected chi connectivity index (χ1v) is 7.15. The molecular formula is C16H15BrF2O. The molecule has 0 aliphatic heterocycles. The van der Waals surface area contributed by atoms with Crippen LogP contribution >= 0.6 is 15.9 Å². The topological polar surface area (TPSA) is 9.23 Å². The summed E-state index contributed by atoms with van der Waals surface area (Å²) in [4.78, 5) is -0.0339. The molecular weight excluding hydrogens is 326 g/mol. The molecule has 0 aliphatic carbocycles. The third-order valence-corrected chi connectivity index (χ3v) is 4.05. The van der Waals surface area contributed by atoms with Gasteiger partial charge in [-0.25, -0.2) is 8.78 Å². The van der Waals surface area contributed by atoms with Gasteiger partial charge in [0.25, 0.3) is 0 Å². The van der Waals surface area contributed by atoms with Gasteiger partial charge < -0.3 is 4.74 Å². The molecule has 20 heavy (non-hydrogen) atoms. The molecule has 106 valence electrons. The standard InChI is InChI=1S/C16H15BrF2O/c1-10-7-13(20-2)5-6-14(10)15(17)8-11-3-4-12(18)9-16(11)19/h3-7,9,15H,8H2,1-2H3. The first kappa shape index (κ1) is 15.0. The number of rotatable bonds is 4. The van der Waals surface area contributed by atoms with Gasteiger partial charge in [-0.3, -0.25) is 0 Å². The highest BCUT2D eigenvalue weighted by molar-refractivity contribution is 9.09. The lowest BCUT2D eigenvalue weighted by atomic mass is 10.00. The summed E-state index contributed by atoms with van der Waals surface area (Å²) in [5.41, 5.74) is 2.62. The number of ether oxygens (including phenoxy) is 1. The summed E-state index contributed by atoms with van der Waals surface area (Å²) in [5, 5.41) is 0. The lowest BCUT2D eigenvalue weighted by Crippen LogP contribution is -2.01. The highest BCUT2D eigenvalue weighted by Crippen LogP contribution is 2.32. The Morgan fingerprint density at radius 1 is 1.15 bits per heavy atom. The van der Waals surface area contributed by atoms with Crippen molar-refractivity contribution >= 4 is 15.9 Å². The fourth-order valence-corrected chi connectivity index (χ4v) is 2.98. The van der Waals surface area contributed by atoms with E-state index in [0.717, 1.165) is 22.9 Å². The van der Waals surface area contributed by atoms with Gasteiger partial charge in [0.05, 0.1) is 7.11 Å². The van der Waals surface area contributed by atoms with Gasteiger partial charge in [0.2, 0.25) is 0 Å². The number of hydrogen-bond acceptors (Lipinski definition) is 1. The zero-order valence-electron chi connectivity index (χ0n) is 11.3. The molecule has 0 saturated carbocycles. The molecule has 0 aromatic heterocycles. The maximum absolute atomic E-state index is 13.7. The maximum Gasteiger partial charge on any atom is 0.129 e. The van der Waals surface area contributed by atoms with Gasteiger partial charge in [-0.05, 0) is 48.2 Å². The van der Waals surface area contributed by atoms with E-state index < -0.39 is 11.6 Å². The summed E-state index contributed by atoms with van der Waals surface area (Å²) in [6, 6.07) is 9.43. The average Bonchev–Trinajstić information content (AvgIpc) is 2.41. The predicted octanol–water partition coefficient (Wildman–Crippen LogP) is 4.96. The van der Waals surface area contributed by atoms with Crippen LogP contribution in [0.25, 0.3) is 0 Å². The van der Waals surface area contributed by atoms with Crippen molar-refractivity contribution in [3.63, 3.8) is 0 Å². The van der Waals surface area contributed by atoms with Crippen molar-refractivity contribution in [1.82, 2.24) is 0 Å². The second-order valence-electron chi connectivity index (χ2n) is 4.63. The van der Waals surface area contributed by atoms with E-state index in [9.17, 15) is 8.78 Å². The first-order valence-electron chi connectivity index (χ1n) is 6.24. The quantitative estimate of drug-likeness (QED) is 0.714. The van der Waals surface area contributed by atoms with Gasteiger partial charge in [-0.1, -0.05) is 28.1 Å². The minimum atomic E-state index is -0.557. The van der Waals surface area contributed by atoms with E-state index in [0.29, 0.717) is 12.0 Å². The van der Waals surface area contributed by atoms with Crippen molar-refractivity contribution in [3.8, 4) is 5.75 Å². The van der Waals surface area contributed by atoms with Gasteiger partial charge in [-0.15, -0.1) is 0 Å². The maximum atomic E-state index is 13.7. The predicted molar refractivity (Wildman–Crippen MR) is 79.5 cm³/mol. The Bertz CT molecular complexity index is 613. The molecule has 2 rings (SSSR count). The monoisotopic (exact) mass is 340 g/mol. The zero-order valence-corrected chi connectivity index (χ0v) is 12.9. The molecule has 0 radical (unpaired) electrons. The molecule has 0 N–H and O–H groups in total. The molecule has 0 spiro atoms. The normalized spacial score (nSPS) is 12.2. The third kappa shape index (κ3) is 3.37. The Hall–Kier alpha value is -1.42. The van der Waals surface area contributed by atoms with E-state index in [2.05, 4.69) is 15.9 Å². The summed E-state index contributed by atoms with van der Waals surface area (Å²) in [6.45, 7) is 1.98. The molecule has 2 aromatic carbocycles. The van der Waals surface area contributed by atoms with Crippen LogP contribution in [0.5, 0.6) is 5.75 Å². The van der Waals surface area contributed by atoms with E-state index in [1.165, 1.54) is 12.1 Å². The molecule has 0 heterocycles. The Balaban J connectivity index is 2.21. The van der Waals surface area contributed by atoms with Crippen molar-refractivity contribution in [1.29, 1.82) is 0 Å². The van der Waals surface area contributed by atoms with Gasteiger partial charge in [0, 0.05) is 10.9 Å². The summed E-state index contributed by atoms with van der Waals surface area (Å²) < 4.78 is 31.7. The number of benzene rings is 2. The van der Waals surface area contributed by atoms with E-state index in [-0.39, 0.29) is 4.83 Å². The van der Waals surface area contributed by atoms with E-state index in [4.69, 9.17) is 4.74 Å². The van der Waals surface area contributed by atoms with Crippen LogP contribution in [-0.4, -0.2) is 7.11 Å². The molecule has 0 saturated heterocycles. The van der Waals surface area contributed by atoms with Crippen molar-refractivity contribution < 1.29 is 13.5 Å². The Kier molecular flexibility index (Phi) is 4.76. The molecule has 2 aromatic rings. The number of hydrogen-bond donors (Lipinski definition) is 0. The average molecular weight is 341 g/mol. The zero-order chi connectivity index (χ0) is 14.7. The van der Waals surface area contributed by atoms with Crippen LogP contribution in [0, 0.1) is 18.6 Å². The number of aryl methyl sites for hydroxylation is 1. The summed E-state index contributed by atoms with van der Waals surface area (Å²) in [6.07, 6.45) is 0.458. The second kappa shape index (κ2) is 6.35. The van der Waals surface area contributed by atoms with Crippen molar-refractivity contribution in [2.75, 3.05) is 7.11 Å². The molecule has 0 aliphatic rings. The van der Waals surface area contributed by atoms with E-state index in [1.807, 2.05) is 25.1 Å². The fourth-order valence-electron chi connectivity index (χ4n) is 2.12. The van der Waals surface area contributed by atoms with Crippen molar-refractivity contribution in [2.24, 2.45) is 0 Å². The lowest BCUT2D eigenvalue weighted by Gasteiger charge is -2.14. The highest BCUT2D eigenvalue weighted by atomic mass is 79.9. The Morgan fingerprint density at radius 2 is 1.90 bits per heavy atom. The number of alkyl halides is 1. The van der Waals surface area contributed by atoms with Crippen LogP contribution in [0.1, 0.15) is 21.5 Å². The summed E-state index contributed by atoms with van der Waals surface area (Å²) in [7, 11) is 1.62. The van der Waals surface area contributed by atoms with E-state index >= 15 is 0 Å². The van der Waals surface area contributed by atoms with Crippen molar-refractivity contribution in [2.45, 2.75) is 18.2 Å². The summed E-state index contributed by atoms with van der Waals surface area (Å²) >= 11 is 3.57. The van der Waals surface area contributed by atoms with Gasteiger partial charge >= 0.3 is 0 Å². The molecule has 0 fully saturated rings. The highest BCUT2D eigenvalue weighted by Gasteiger charge is 2.14. The third-order valence-electron chi connectivity index (χ3n) is 3.23. The van der Waals surface area contributed by atoms with Crippen LogP contribution < -0.4 is 4.74 Å². The fraction of sp³-hybridized carbons (Fsp3) is 0.250. The number of methoxy groups -OCH3 is 1. The molecule has 0 bridgehead atoms. The molecule has 4 heteroatoms. The molecule has 1 atom stereocenters. The minimum absolute atomic E-state index is 0.0339. The van der Waals surface area contributed by atoms with Crippen LogP contribution in [-0.2, 0) is 6.42 Å². The van der Waals surface area contributed by atoms with Crippen LogP contribution in [0.2, 0.25) is 0 Å². The summed E-state index contributed by atoms with van der Waals surface area (Å²) in [5.74, 6) is -0.280. The first-order chi connectivity index (χ1) is 9.51. The second-order valence-corrected chi connectivity index (χ2v) is 5.74. The molecule has 1 nitrogen and oxygen atoms in total. The Morgan fingerprint density at radius 3 is 2.50 bits per heavy atom. The van der Waals surface area contributed by atoms with Gasteiger partial charge in [-0.2, -0.15) is 0 Å².